The van der Waals surface area contributed by atoms with E-state index in [4.69, 9.17) is 5.73 Å². The number of hydrogen-bond acceptors (Lipinski definition) is 1. The molecule has 0 saturated heterocycles. The molecule has 0 saturated carbocycles. The maximum Gasteiger partial charge on any atom is 0.0222 e. The van der Waals surface area contributed by atoms with Gasteiger partial charge in [0.05, 0.1) is 0 Å². The molecule has 0 aliphatic carbocycles. The van der Waals surface area contributed by atoms with Gasteiger partial charge in [0.25, 0.3) is 0 Å². The van der Waals surface area contributed by atoms with Crippen LogP contribution in [0.15, 0.2) is 0 Å². The maximum atomic E-state index is 5.24. The maximum absolute atomic E-state index is 5.24. The van der Waals surface area contributed by atoms with E-state index < -0.39 is 0 Å². The first-order valence-electron chi connectivity index (χ1n) is 4.07. The lowest BCUT2D eigenvalue weighted by Crippen LogP contribution is -1.95. The fourth-order valence-corrected chi connectivity index (χ4v) is 0.551. The Hall–Kier alpha value is -0.920. The average Bonchev–Trinajstić information content (AvgIpc) is 2.03. The second-order valence-corrected chi connectivity index (χ2v) is 2.25. The third-order valence-electron chi connectivity index (χ3n) is 1.16. The third kappa shape index (κ3) is 9.08. The Morgan fingerprint density at radius 3 is 2.27 bits per heavy atom. The normalized spacial score (nSPS) is 7.45. The summed E-state index contributed by atoms with van der Waals surface area (Å²) < 4.78 is 0. The lowest BCUT2D eigenvalue weighted by atomic mass is 10.2. The van der Waals surface area contributed by atoms with E-state index in [9.17, 15) is 0 Å². The van der Waals surface area contributed by atoms with Crippen LogP contribution in [0.1, 0.15) is 32.6 Å². The molecule has 0 aliphatic rings. The van der Waals surface area contributed by atoms with Gasteiger partial charge in [0.15, 0.2) is 0 Å². The van der Waals surface area contributed by atoms with Crippen LogP contribution < -0.4 is 5.73 Å². The molecule has 0 heterocycles. The van der Waals surface area contributed by atoms with Crippen molar-refractivity contribution in [3.05, 3.63) is 0 Å². The first-order valence-corrected chi connectivity index (χ1v) is 4.07. The van der Waals surface area contributed by atoms with Gasteiger partial charge in [-0.3, -0.25) is 0 Å². The fourth-order valence-electron chi connectivity index (χ4n) is 0.551. The van der Waals surface area contributed by atoms with Gasteiger partial charge in [-0.1, -0.05) is 25.2 Å². The van der Waals surface area contributed by atoms with Crippen molar-refractivity contribution < 1.29 is 0 Å². The van der Waals surface area contributed by atoms with Crippen molar-refractivity contribution in [3.63, 3.8) is 0 Å². The second-order valence-electron chi connectivity index (χ2n) is 2.25. The predicted molar refractivity (Wildman–Crippen MR) is 48.7 cm³/mol. The first-order chi connectivity index (χ1) is 5.41. The van der Waals surface area contributed by atoms with Crippen molar-refractivity contribution in [3.8, 4) is 23.7 Å². The first kappa shape index (κ1) is 10.1. The highest BCUT2D eigenvalue weighted by molar-refractivity contribution is 5.25. The number of nitrogens with two attached hydrogens (primary N) is 1. The Bertz CT molecular complexity index is 184. The van der Waals surface area contributed by atoms with Crippen LogP contribution in [0.2, 0.25) is 0 Å². The summed E-state index contributed by atoms with van der Waals surface area (Å²) in [5.74, 6) is 11.4. The molecule has 2 N–H and O–H groups in total. The molecular weight excluding hydrogens is 134 g/mol. The molecule has 0 fully saturated rings. The van der Waals surface area contributed by atoms with E-state index in [-0.39, 0.29) is 0 Å². The molecule has 0 spiro atoms. The molecule has 0 aliphatic heterocycles. The Labute approximate surface area is 69.4 Å². The summed E-state index contributed by atoms with van der Waals surface area (Å²) >= 11 is 0. The highest BCUT2D eigenvalue weighted by Gasteiger charge is 1.74. The Morgan fingerprint density at radius 2 is 1.73 bits per heavy atom. The van der Waals surface area contributed by atoms with Gasteiger partial charge >= 0.3 is 0 Å². The molecule has 0 bridgehead atoms. The standard InChI is InChI=1S/C10H15N/c1-2-3-4-5-6-7-8-9-10-11/h2-4,9-11H2,1H3. The summed E-state index contributed by atoms with van der Waals surface area (Å²) in [4.78, 5) is 0. The van der Waals surface area contributed by atoms with Crippen LogP contribution >= 0.6 is 0 Å². The fraction of sp³-hybridized carbons (Fsp3) is 0.600. The Morgan fingerprint density at radius 1 is 1.09 bits per heavy atom. The summed E-state index contributed by atoms with van der Waals surface area (Å²) in [6.45, 7) is 2.78. The van der Waals surface area contributed by atoms with Gasteiger partial charge in [-0.15, -0.1) is 0 Å². The molecule has 0 radical (unpaired) electrons. The minimum absolute atomic E-state index is 0.629. The van der Waals surface area contributed by atoms with E-state index in [1.165, 1.54) is 12.8 Å². The van der Waals surface area contributed by atoms with Crippen molar-refractivity contribution in [2.24, 2.45) is 5.73 Å². The van der Waals surface area contributed by atoms with Crippen molar-refractivity contribution in [1.29, 1.82) is 0 Å². The van der Waals surface area contributed by atoms with Crippen LogP contribution in [0, 0.1) is 23.7 Å². The molecular formula is C10H15N. The lowest BCUT2D eigenvalue weighted by Gasteiger charge is -1.81. The number of rotatable bonds is 3. The van der Waals surface area contributed by atoms with Gasteiger partial charge in [0.2, 0.25) is 0 Å². The second kappa shape index (κ2) is 9.08. The van der Waals surface area contributed by atoms with E-state index >= 15 is 0 Å². The molecule has 0 aromatic rings. The van der Waals surface area contributed by atoms with Crippen molar-refractivity contribution in [2.75, 3.05) is 6.54 Å². The van der Waals surface area contributed by atoms with Gasteiger partial charge in [-0.2, -0.15) is 0 Å². The summed E-state index contributed by atoms with van der Waals surface area (Å²) in [5, 5.41) is 0. The zero-order chi connectivity index (χ0) is 8.36. The summed E-state index contributed by atoms with van der Waals surface area (Å²) in [6, 6.07) is 0. The summed E-state index contributed by atoms with van der Waals surface area (Å²) in [5.41, 5.74) is 5.24. The monoisotopic (exact) mass is 149 g/mol. The zero-order valence-electron chi connectivity index (χ0n) is 7.11. The average molecular weight is 149 g/mol. The van der Waals surface area contributed by atoms with Gasteiger partial charge in [-0.25, -0.2) is 0 Å². The number of unbranched alkanes of at least 4 members (excludes halogenated alkanes) is 2. The van der Waals surface area contributed by atoms with Crippen LogP contribution in [0.4, 0.5) is 0 Å². The quantitative estimate of drug-likeness (QED) is 0.478. The molecule has 0 unspecified atom stereocenters. The van der Waals surface area contributed by atoms with Crippen LogP contribution in [0.25, 0.3) is 0 Å². The van der Waals surface area contributed by atoms with Crippen LogP contribution in [0.3, 0.4) is 0 Å². The molecule has 11 heavy (non-hydrogen) atoms. The third-order valence-corrected chi connectivity index (χ3v) is 1.16. The summed E-state index contributed by atoms with van der Waals surface area (Å²) in [7, 11) is 0. The molecule has 0 atom stereocenters. The Balaban J connectivity index is 3.33. The topological polar surface area (TPSA) is 26.0 Å². The largest absolute Gasteiger partial charge is 0.330 e. The van der Waals surface area contributed by atoms with Gasteiger partial charge in [0, 0.05) is 19.4 Å². The molecule has 0 aromatic heterocycles. The minimum Gasteiger partial charge on any atom is -0.330 e. The van der Waals surface area contributed by atoms with Crippen LogP contribution in [0.5, 0.6) is 0 Å². The van der Waals surface area contributed by atoms with E-state index in [2.05, 4.69) is 30.6 Å². The minimum atomic E-state index is 0.629. The highest BCUT2D eigenvalue weighted by atomic mass is 14.5. The summed E-state index contributed by atoms with van der Waals surface area (Å²) in [6.07, 6.45) is 4.09. The van der Waals surface area contributed by atoms with E-state index in [0.717, 1.165) is 12.8 Å². The molecule has 1 nitrogen and oxygen atoms in total. The van der Waals surface area contributed by atoms with Crippen molar-refractivity contribution in [2.45, 2.75) is 32.6 Å². The predicted octanol–water partition coefficient (Wildman–Crippen LogP) is 1.53. The molecule has 0 rings (SSSR count). The molecule has 1 heteroatoms. The van der Waals surface area contributed by atoms with Crippen molar-refractivity contribution in [1.82, 2.24) is 0 Å². The van der Waals surface area contributed by atoms with Gasteiger partial charge in [0.1, 0.15) is 0 Å². The zero-order valence-corrected chi connectivity index (χ0v) is 7.11. The van der Waals surface area contributed by atoms with Crippen LogP contribution in [-0.4, -0.2) is 6.54 Å². The molecule has 60 valence electrons. The van der Waals surface area contributed by atoms with E-state index in [1.807, 2.05) is 0 Å². The van der Waals surface area contributed by atoms with Gasteiger partial charge < -0.3 is 5.73 Å². The van der Waals surface area contributed by atoms with Crippen molar-refractivity contribution >= 4 is 0 Å². The smallest absolute Gasteiger partial charge is 0.0222 e. The van der Waals surface area contributed by atoms with Crippen LogP contribution in [-0.2, 0) is 0 Å². The Kier molecular flexibility index (Phi) is 8.32. The van der Waals surface area contributed by atoms with E-state index in [1.54, 1.807) is 0 Å². The lowest BCUT2D eigenvalue weighted by molar-refractivity contribution is 0.828. The SMILES string of the molecule is CCCCC#CC#CCCN. The van der Waals surface area contributed by atoms with E-state index in [0.29, 0.717) is 6.54 Å². The van der Waals surface area contributed by atoms with Gasteiger partial charge in [-0.05, 0) is 18.3 Å². The highest BCUT2D eigenvalue weighted by Crippen LogP contribution is 1.89. The molecule has 0 amide bonds. The molecule has 0 aromatic carbocycles. The number of hydrogen-bond donors (Lipinski definition) is 1.